The molecule has 2 aliphatic heterocycles. The van der Waals surface area contributed by atoms with Crippen molar-refractivity contribution in [2.75, 3.05) is 13.1 Å². The summed E-state index contributed by atoms with van der Waals surface area (Å²) in [5, 5.41) is 17.2. The smallest absolute Gasteiger partial charge is 0.408 e. The molecule has 3 N–H and O–H groups in total. The first-order valence-electron chi connectivity index (χ1n) is 12.9. The molecule has 1 aromatic carbocycles. The van der Waals surface area contributed by atoms with E-state index in [9.17, 15) is 33.2 Å². The van der Waals surface area contributed by atoms with Crippen molar-refractivity contribution in [2.45, 2.75) is 77.1 Å². The zero-order valence-electron chi connectivity index (χ0n) is 22.3. The molecule has 0 radical (unpaired) electrons. The van der Waals surface area contributed by atoms with Gasteiger partial charge in [-0.1, -0.05) is 51.1 Å². The summed E-state index contributed by atoms with van der Waals surface area (Å²) in [6, 6.07) is 6.99. The van der Waals surface area contributed by atoms with Crippen molar-refractivity contribution in [3.05, 3.63) is 35.9 Å². The lowest BCUT2D eigenvalue weighted by Crippen LogP contribution is -2.63. The van der Waals surface area contributed by atoms with Crippen LogP contribution in [0.4, 0.5) is 13.6 Å². The topological polar surface area (TPSA) is 141 Å². The van der Waals surface area contributed by atoms with Crippen LogP contribution >= 0.6 is 0 Å². The molecule has 2 heterocycles. The number of alkyl carbamates (subject to hydrolysis) is 1. The minimum Gasteiger partial charge on any atom is -0.445 e. The van der Waals surface area contributed by atoms with Gasteiger partial charge in [0.05, 0.1) is 6.07 Å². The lowest BCUT2D eigenvalue weighted by Gasteiger charge is -2.42. The zero-order valence-corrected chi connectivity index (χ0v) is 22.3. The normalized spacial score (nSPS) is 22.2. The summed E-state index contributed by atoms with van der Waals surface area (Å²) in [6.07, 6.45) is -1.91. The van der Waals surface area contributed by atoms with E-state index in [4.69, 9.17) is 4.74 Å². The first-order valence-corrected chi connectivity index (χ1v) is 12.9. The summed E-state index contributed by atoms with van der Waals surface area (Å²) >= 11 is 0. The van der Waals surface area contributed by atoms with E-state index < -0.39 is 72.7 Å². The highest BCUT2D eigenvalue weighted by Gasteiger charge is 2.48. The molecule has 0 aromatic heterocycles. The standard InChI is InChI=1S/C27H35F2N5O5/c1-26(2,3)21(33-25(38)39-16-17-7-5-4-6-8-17)24(37)34-12-10-27(28,29)14-20(34)23(36)32-19(15-30)13-18-9-11-31-22(18)35/h4-8,18-21H,9-14,16H2,1-3H3,(H,31,35)(H,32,36)(H,33,38)/t18?,19-,20?,21+/m0/s1. The number of ether oxygens (including phenoxy) is 1. The number of nitrogens with zero attached hydrogens (tertiary/aromatic N) is 2. The predicted molar refractivity (Wildman–Crippen MR) is 136 cm³/mol. The number of hydrogen-bond donors (Lipinski definition) is 3. The number of rotatable bonds is 8. The highest BCUT2D eigenvalue weighted by atomic mass is 19.3. The minimum atomic E-state index is -3.20. The van der Waals surface area contributed by atoms with E-state index in [1.807, 2.05) is 12.1 Å². The zero-order chi connectivity index (χ0) is 28.8. The molecule has 1 aromatic rings. The number of carbonyl (C=O) groups excluding carboxylic acids is 4. The van der Waals surface area contributed by atoms with E-state index in [1.54, 1.807) is 45.0 Å². The summed E-state index contributed by atoms with van der Waals surface area (Å²) < 4.78 is 34.1. The Morgan fingerprint density at radius 3 is 2.51 bits per heavy atom. The van der Waals surface area contributed by atoms with Gasteiger partial charge < -0.3 is 25.6 Å². The molecule has 12 heteroatoms. The second kappa shape index (κ2) is 12.4. The molecule has 3 rings (SSSR count). The Kier molecular flexibility index (Phi) is 9.48. The van der Waals surface area contributed by atoms with Crippen LogP contribution in [0.5, 0.6) is 0 Å². The highest BCUT2D eigenvalue weighted by Crippen LogP contribution is 2.34. The van der Waals surface area contributed by atoms with Crippen molar-refractivity contribution in [3.63, 3.8) is 0 Å². The number of benzene rings is 1. The molecule has 4 amide bonds. The quantitative estimate of drug-likeness (QED) is 0.457. The van der Waals surface area contributed by atoms with E-state index in [2.05, 4.69) is 16.0 Å². The van der Waals surface area contributed by atoms with Gasteiger partial charge in [0.1, 0.15) is 24.7 Å². The van der Waals surface area contributed by atoms with Crippen LogP contribution in [-0.2, 0) is 25.7 Å². The van der Waals surface area contributed by atoms with Crippen molar-refractivity contribution >= 4 is 23.8 Å². The maximum Gasteiger partial charge on any atom is 0.408 e. The van der Waals surface area contributed by atoms with Gasteiger partial charge in [-0.15, -0.1) is 0 Å². The van der Waals surface area contributed by atoms with Gasteiger partial charge in [0, 0.05) is 31.8 Å². The fraction of sp³-hybridized carbons (Fsp3) is 0.593. The SMILES string of the molecule is CC(C)(C)[C@H](NC(=O)OCc1ccccc1)C(=O)N1CCC(F)(F)CC1C(=O)N[C@H](C#N)CC1CCNC1=O. The van der Waals surface area contributed by atoms with E-state index in [1.165, 1.54) is 0 Å². The highest BCUT2D eigenvalue weighted by molar-refractivity contribution is 5.92. The Morgan fingerprint density at radius 1 is 1.23 bits per heavy atom. The van der Waals surface area contributed by atoms with Gasteiger partial charge in [-0.2, -0.15) is 5.26 Å². The van der Waals surface area contributed by atoms with Crippen LogP contribution in [0, 0.1) is 22.7 Å². The molecule has 0 spiro atoms. The Hall–Kier alpha value is -3.75. The van der Waals surface area contributed by atoms with Gasteiger partial charge in [0.25, 0.3) is 5.92 Å². The second-order valence-electron chi connectivity index (χ2n) is 11.1. The van der Waals surface area contributed by atoms with Crippen LogP contribution in [0.25, 0.3) is 0 Å². The third kappa shape index (κ3) is 8.12. The van der Waals surface area contributed by atoms with E-state index in [0.717, 1.165) is 10.5 Å². The Morgan fingerprint density at radius 2 is 1.92 bits per heavy atom. The number of alkyl halides is 2. The fourth-order valence-corrected chi connectivity index (χ4v) is 4.70. The van der Waals surface area contributed by atoms with Gasteiger partial charge in [0.15, 0.2) is 0 Å². The molecule has 0 saturated carbocycles. The summed E-state index contributed by atoms with van der Waals surface area (Å²) in [5.74, 6) is -5.53. The summed E-state index contributed by atoms with van der Waals surface area (Å²) in [4.78, 5) is 52.4. The largest absolute Gasteiger partial charge is 0.445 e. The van der Waals surface area contributed by atoms with Crippen molar-refractivity contribution in [1.82, 2.24) is 20.9 Å². The number of nitriles is 1. The first-order chi connectivity index (χ1) is 18.3. The van der Waals surface area contributed by atoms with Gasteiger partial charge in [0.2, 0.25) is 17.7 Å². The van der Waals surface area contributed by atoms with Gasteiger partial charge in [-0.3, -0.25) is 14.4 Å². The molecule has 212 valence electrons. The predicted octanol–water partition coefficient (Wildman–Crippen LogP) is 2.49. The van der Waals surface area contributed by atoms with Crippen molar-refractivity contribution in [3.8, 4) is 6.07 Å². The molecular weight excluding hydrogens is 512 g/mol. The lowest BCUT2D eigenvalue weighted by molar-refractivity contribution is -0.155. The molecular formula is C27H35F2N5O5. The summed E-state index contributed by atoms with van der Waals surface area (Å²) in [7, 11) is 0. The Balaban J connectivity index is 1.73. The third-order valence-electron chi connectivity index (χ3n) is 6.92. The number of nitrogens with one attached hydrogen (secondary N) is 3. The molecule has 2 fully saturated rings. The van der Waals surface area contributed by atoms with Crippen LogP contribution in [0.15, 0.2) is 30.3 Å². The molecule has 2 saturated heterocycles. The third-order valence-corrected chi connectivity index (χ3v) is 6.92. The van der Waals surface area contributed by atoms with Gasteiger partial charge in [-0.05, 0) is 23.8 Å². The van der Waals surface area contributed by atoms with Crippen LogP contribution in [0.3, 0.4) is 0 Å². The Labute approximate surface area is 226 Å². The molecule has 10 nitrogen and oxygen atoms in total. The number of hydrogen-bond acceptors (Lipinski definition) is 6. The van der Waals surface area contributed by atoms with Crippen molar-refractivity contribution in [2.24, 2.45) is 11.3 Å². The molecule has 0 bridgehead atoms. The first kappa shape index (κ1) is 29.8. The van der Waals surface area contributed by atoms with Crippen molar-refractivity contribution in [1.29, 1.82) is 5.26 Å². The number of halogens is 2. The van der Waals surface area contributed by atoms with E-state index in [-0.39, 0.29) is 18.9 Å². The molecule has 4 atom stereocenters. The van der Waals surface area contributed by atoms with E-state index >= 15 is 0 Å². The van der Waals surface area contributed by atoms with Crippen LogP contribution < -0.4 is 16.0 Å². The molecule has 2 unspecified atom stereocenters. The number of piperidine rings is 1. The summed E-state index contributed by atoms with van der Waals surface area (Å²) in [6.45, 7) is 5.09. The number of carbonyl (C=O) groups is 4. The number of likely N-dealkylation sites (tertiary alicyclic amines) is 1. The molecule has 2 aliphatic rings. The molecule has 0 aliphatic carbocycles. The van der Waals surface area contributed by atoms with Crippen LogP contribution in [0.2, 0.25) is 0 Å². The fourth-order valence-electron chi connectivity index (χ4n) is 4.70. The maximum absolute atomic E-state index is 14.4. The monoisotopic (exact) mass is 547 g/mol. The molecule has 39 heavy (non-hydrogen) atoms. The van der Waals surface area contributed by atoms with Crippen LogP contribution in [0.1, 0.15) is 52.0 Å². The second-order valence-corrected chi connectivity index (χ2v) is 11.1. The van der Waals surface area contributed by atoms with Gasteiger partial charge in [-0.25, -0.2) is 13.6 Å². The average Bonchev–Trinajstić information content (AvgIpc) is 3.28. The van der Waals surface area contributed by atoms with Crippen molar-refractivity contribution < 1.29 is 32.7 Å². The minimum absolute atomic E-state index is 0.0323. The van der Waals surface area contributed by atoms with E-state index in [0.29, 0.717) is 13.0 Å². The average molecular weight is 548 g/mol. The Bertz CT molecular complexity index is 1100. The van der Waals surface area contributed by atoms with Crippen LogP contribution in [-0.4, -0.2) is 65.9 Å². The van der Waals surface area contributed by atoms with Gasteiger partial charge >= 0.3 is 6.09 Å². The maximum atomic E-state index is 14.4. The summed E-state index contributed by atoms with van der Waals surface area (Å²) in [5.41, 5.74) is -0.113. The lowest BCUT2D eigenvalue weighted by atomic mass is 9.84. The number of amides is 4.